The van der Waals surface area contributed by atoms with Crippen LogP contribution in [0.4, 0.5) is 0 Å². The van der Waals surface area contributed by atoms with Crippen molar-refractivity contribution in [3.05, 3.63) is 65.2 Å². The quantitative estimate of drug-likeness (QED) is 0.795. The third kappa shape index (κ3) is 5.81. The summed E-state index contributed by atoms with van der Waals surface area (Å²) in [6.45, 7) is 10.1. The molecule has 0 saturated carbocycles. The number of morpholine rings is 1. The molecule has 0 spiro atoms. The van der Waals surface area contributed by atoms with E-state index in [9.17, 15) is 4.79 Å². The summed E-state index contributed by atoms with van der Waals surface area (Å²) in [7, 11) is 0. The second kappa shape index (κ2) is 9.71. The van der Waals surface area contributed by atoms with Crippen molar-refractivity contribution in [3.8, 4) is 5.75 Å². The van der Waals surface area contributed by atoms with Crippen LogP contribution in [0.25, 0.3) is 0 Å². The van der Waals surface area contributed by atoms with Gasteiger partial charge >= 0.3 is 0 Å². The molecular weight excluding hydrogens is 352 g/mol. The third-order valence-corrected chi connectivity index (χ3v) is 4.82. The first-order valence-electron chi connectivity index (χ1n) is 9.95. The van der Waals surface area contributed by atoms with Crippen LogP contribution in [0.15, 0.2) is 48.5 Å². The summed E-state index contributed by atoms with van der Waals surface area (Å²) in [5.41, 5.74) is 2.96. The number of nitrogens with one attached hydrogen (secondary N) is 1. The summed E-state index contributed by atoms with van der Waals surface area (Å²) in [6.07, 6.45) is 0.110. The summed E-state index contributed by atoms with van der Waals surface area (Å²) in [5.74, 6) is 0.699. The van der Waals surface area contributed by atoms with Gasteiger partial charge in [-0.05, 0) is 50.6 Å². The molecule has 5 heteroatoms. The molecule has 0 aromatic heterocycles. The highest BCUT2D eigenvalue weighted by Gasteiger charge is 2.21. The van der Waals surface area contributed by atoms with Gasteiger partial charge in [-0.1, -0.05) is 29.8 Å². The van der Waals surface area contributed by atoms with E-state index in [1.54, 1.807) is 0 Å². The van der Waals surface area contributed by atoms with Gasteiger partial charge in [0.15, 0.2) is 0 Å². The molecular formula is C23H30N2O3. The first kappa shape index (κ1) is 20.4. The number of hydrogen-bond donors (Lipinski definition) is 1. The molecule has 2 aromatic rings. The fourth-order valence-electron chi connectivity index (χ4n) is 3.27. The number of carbonyl (C=O) groups is 1. The van der Waals surface area contributed by atoms with E-state index in [4.69, 9.17) is 9.47 Å². The van der Waals surface area contributed by atoms with Crippen molar-refractivity contribution in [2.75, 3.05) is 32.8 Å². The van der Waals surface area contributed by atoms with E-state index in [0.29, 0.717) is 5.56 Å². The third-order valence-electron chi connectivity index (χ3n) is 4.82. The molecule has 1 N–H and O–H groups in total. The number of hydrogen-bond acceptors (Lipinski definition) is 4. The number of rotatable bonds is 7. The van der Waals surface area contributed by atoms with Crippen LogP contribution in [0.5, 0.6) is 5.75 Å². The molecule has 0 aliphatic carbocycles. The van der Waals surface area contributed by atoms with Gasteiger partial charge in [0.1, 0.15) is 5.75 Å². The number of ether oxygens (including phenoxy) is 2. The lowest BCUT2D eigenvalue weighted by atomic mass is 10.0. The largest absolute Gasteiger partial charge is 0.491 e. The van der Waals surface area contributed by atoms with Crippen molar-refractivity contribution < 1.29 is 14.3 Å². The zero-order chi connectivity index (χ0) is 19.9. The van der Waals surface area contributed by atoms with Crippen LogP contribution < -0.4 is 10.1 Å². The number of nitrogens with zero attached hydrogens (tertiary/aromatic N) is 1. The Hall–Kier alpha value is -2.37. The van der Waals surface area contributed by atoms with Gasteiger partial charge in [-0.25, -0.2) is 0 Å². The maximum atomic E-state index is 12.9. The van der Waals surface area contributed by atoms with Gasteiger partial charge in [-0.15, -0.1) is 0 Å². The minimum atomic E-state index is -0.0741. The van der Waals surface area contributed by atoms with Crippen LogP contribution >= 0.6 is 0 Å². The number of amides is 1. The van der Waals surface area contributed by atoms with Crippen molar-refractivity contribution in [3.63, 3.8) is 0 Å². The molecule has 1 fully saturated rings. The van der Waals surface area contributed by atoms with Crippen molar-refractivity contribution in [1.29, 1.82) is 0 Å². The van der Waals surface area contributed by atoms with Crippen LogP contribution in [0, 0.1) is 6.92 Å². The van der Waals surface area contributed by atoms with Gasteiger partial charge in [0.05, 0.1) is 25.4 Å². The second-order valence-corrected chi connectivity index (χ2v) is 7.54. The van der Waals surface area contributed by atoms with Crippen LogP contribution in [0.3, 0.4) is 0 Å². The monoisotopic (exact) mass is 382 g/mol. The number of carbonyl (C=O) groups excluding carboxylic acids is 1. The second-order valence-electron chi connectivity index (χ2n) is 7.54. The van der Waals surface area contributed by atoms with E-state index < -0.39 is 0 Å². The lowest BCUT2D eigenvalue weighted by Gasteiger charge is -2.31. The first-order valence-corrected chi connectivity index (χ1v) is 9.95. The highest BCUT2D eigenvalue weighted by atomic mass is 16.5. The van der Waals surface area contributed by atoms with Crippen LogP contribution in [-0.2, 0) is 4.74 Å². The molecule has 0 radical (unpaired) electrons. The summed E-state index contributed by atoms with van der Waals surface area (Å²) < 4.78 is 11.1. The SMILES string of the molecule is Cc1ccc([C@H](CN2CCOCC2)NC(=O)c2ccc(OC(C)C)cc2)cc1. The molecule has 2 aromatic carbocycles. The molecule has 5 nitrogen and oxygen atoms in total. The highest BCUT2D eigenvalue weighted by Crippen LogP contribution is 2.19. The van der Waals surface area contributed by atoms with Gasteiger partial charge in [0.2, 0.25) is 0 Å². The summed E-state index contributed by atoms with van der Waals surface area (Å²) >= 11 is 0. The predicted molar refractivity (Wildman–Crippen MR) is 111 cm³/mol. The molecule has 1 heterocycles. The Bertz CT molecular complexity index is 750. The van der Waals surface area contributed by atoms with Crippen molar-refractivity contribution in [2.45, 2.75) is 32.9 Å². The Morgan fingerprint density at radius 1 is 1.07 bits per heavy atom. The lowest BCUT2D eigenvalue weighted by molar-refractivity contribution is 0.0332. The van der Waals surface area contributed by atoms with Gasteiger partial charge in [-0.3, -0.25) is 9.69 Å². The topological polar surface area (TPSA) is 50.8 Å². The molecule has 1 aliphatic heterocycles. The summed E-state index contributed by atoms with van der Waals surface area (Å²) in [4.78, 5) is 15.2. The zero-order valence-electron chi connectivity index (χ0n) is 17.0. The number of benzene rings is 2. The minimum absolute atomic E-state index is 0.0715. The molecule has 150 valence electrons. The molecule has 3 rings (SSSR count). The molecule has 1 atom stereocenters. The van der Waals surface area contributed by atoms with E-state index in [-0.39, 0.29) is 18.1 Å². The average molecular weight is 383 g/mol. The molecule has 1 amide bonds. The molecule has 28 heavy (non-hydrogen) atoms. The van der Waals surface area contributed by atoms with E-state index >= 15 is 0 Å². The molecule has 0 bridgehead atoms. The van der Waals surface area contributed by atoms with Crippen LogP contribution in [-0.4, -0.2) is 49.8 Å². The number of aryl methyl sites for hydroxylation is 1. The van der Waals surface area contributed by atoms with E-state index in [0.717, 1.165) is 44.2 Å². The first-order chi connectivity index (χ1) is 13.5. The zero-order valence-corrected chi connectivity index (χ0v) is 17.0. The van der Waals surface area contributed by atoms with Crippen molar-refractivity contribution in [2.24, 2.45) is 0 Å². The Morgan fingerprint density at radius 3 is 2.32 bits per heavy atom. The van der Waals surface area contributed by atoms with E-state index in [1.807, 2.05) is 38.1 Å². The maximum Gasteiger partial charge on any atom is 0.251 e. The van der Waals surface area contributed by atoms with Gasteiger partial charge in [-0.2, -0.15) is 0 Å². The molecule has 1 aliphatic rings. The standard InChI is InChI=1S/C23H30N2O3/c1-17(2)28-21-10-8-20(9-11-21)23(26)24-22(16-25-12-14-27-15-13-25)19-6-4-18(3)5-7-19/h4-11,17,22H,12-16H2,1-3H3,(H,24,26)/t22-/m0/s1. The van der Waals surface area contributed by atoms with Crippen LogP contribution in [0.1, 0.15) is 41.4 Å². The van der Waals surface area contributed by atoms with Gasteiger partial charge in [0, 0.05) is 25.2 Å². The summed E-state index contributed by atoms with van der Waals surface area (Å²) in [6, 6.07) is 15.6. The predicted octanol–water partition coefficient (Wildman–Crippen LogP) is 3.59. The van der Waals surface area contributed by atoms with Crippen LogP contribution in [0.2, 0.25) is 0 Å². The smallest absolute Gasteiger partial charge is 0.251 e. The molecule has 1 saturated heterocycles. The summed E-state index contributed by atoms with van der Waals surface area (Å²) in [5, 5.41) is 3.21. The fraction of sp³-hybridized carbons (Fsp3) is 0.435. The van der Waals surface area contributed by atoms with Crippen molar-refractivity contribution >= 4 is 5.91 Å². The Kier molecular flexibility index (Phi) is 7.06. The molecule has 0 unspecified atom stereocenters. The Balaban J connectivity index is 1.72. The van der Waals surface area contributed by atoms with Gasteiger partial charge in [0.25, 0.3) is 5.91 Å². The van der Waals surface area contributed by atoms with E-state index in [2.05, 4.69) is 41.4 Å². The Morgan fingerprint density at radius 2 is 1.71 bits per heavy atom. The van der Waals surface area contributed by atoms with E-state index in [1.165, 1.54) is 5.56 Å². The minimum Gasteiger partial charge on any atom is -0.491 e. The van der Waals surface area contributed by atoms with Crippen molar-refractivity contribution in [1.82, 2.24) is 10.2 Å². The highest BCUT2D eigenvalue weighted by molar-refractivity contribution is 5.94. The van der Waals surface area contributed by atoms with Gasteiger partial charge < -0.3 is 14.8 Å². The maximum absolute atomic E-state index is 12.9. The normalized spacial score (nSPS) is 16.0. The Labute approximate surface area is 167 Å². The fourth-order valence-corrected chi connectivity index (χ4v) is 3.27. The average Bonchev–Trinajstić information content (AvgIpc) is 2.69. The lowest BCUT2D eigenvalue weighted by Crippen LogP contribution is -2.43.